The molecule has 0 saturated carbocycles. The largest absolute Gasteiger partial charge is 0.506 e. The molecule has 30 heavy (non-hydrogen) atoms. The molecule has 0 bridgehead atoms. The van der Waals surface area contributed by atoms with Crippen molar-refractivity contribution in [2.45, 2.75) is 0 Å². The molecule has 0 spiro atoms. The van der Waals surface area contributed by atoms with E-state index >= 15 is 0 Å². The summed E-state index contributed by atoms with van der Waals surface area (Å²) in [5.74, 6) is -2.31. The fraction of sp³-hybridized carbons (Fsp3) is 0.125. The first kappa shape index (κ1) is 19.8. The van der Waals surface area contributed by atoms with Gasteiger partial charge >= 0.3 is 20.4 Å². The molecule has 2 aromatic rings. The topological polar surface area (TPSA) is 173 Å². The molecule has 2 aromatic carbocycles. The molecule has 0 radical (unpaired) electrons. The molecule has 0 atom stereocenters. The molecular formula is C16H14N4O8S2. The number of phenolic OH excluding ortho intramolecular Hbond substituents is 2. The second-order valence-electron chi connectivity index (χ2n) is 6.48. The van der Waals surface area contributed by atoms with Crippen LogP contribution in [0, 0.1) is 0 Å². The maximum atomic E-state index is 11.9. The van der Waals surface area contributed by atoms with Crippen LogP contribution in [0.25, 0.3) is 11.1 Å². The van der Waals surface area contributed by atoms with E-state index in [9.17, 15) is 36.6 Å². The molecule has 0 unspecified atom stereocenters. The van der Waals surface area contributed by atoms with Gasteiger partial charge in [-0.2, -0.15) is 16.8 Å². The predicted molar refractivity (Wildman–Crippen MR) is 104 cm³/mol. The van der Waals surface area contributed by atoms with Crippen molar-refractivity contribution in [1.82, 2.24) is 9.44 Å². The minimum absolute atomic E-state index is 0.106. The fourth-order valence-corrected chi connectivity index (χ4v) is 5.48. The first-order chi connectivity index (χ1) is 14.0. The van der Waals surface area contributed by atoms with Crippen molar-refractivity contribution in [3.8, 4) is 22.6 Å². The molecule has 4 rings (SSSR count). The Morgan fingerprint density at radius 3 is 1.33 bits per heavy atom. The van der Waals surface area contributed by atoms with Crippen molar-refractivity contribution in [1.29, 1.82) is 0 Å². The molecule has 0 aromatic heterocycles. The average Bonchev–Trinajstić information content (AvgIpc) is 3.06. The third-order valence-corrected chi connectivity index (χ3v) is 7.25. The molecule has 14 heteroatoms. The van der Waals surface area contributed by atoms with E-state index in [0.29, 0.717) is 11.1 Å². The highest BCUT2D eigenvalue weighted by molar-refractivity contribution is 7.92. The number of carbonyl (C=O) groups is 2. The summed E-state index contributed by atoms with van der Waals surface area (Å²) < 4.78 is 52.8. The summed E-state index contributed by atoms with van der Waals surface area (Å²) in [6.07, 6.45) is 0. The van der Waals surface area contributed by atoms with Gasteiger partial charge in [-0.25, -0.2) is 18.1 Å². The van der Waals surface area contributed by atoms with Gasteiger partial charge in [-0.15, -0.1) is 0 Å². The minimum atomic E-state index is -4.09. The van der Waals surface area contributed by atoms with E-state index < -0.39 is 56.8 Å². The van der Waals surface area contributed by atoms with Crippen molar-refractivity contribution >= 4 is 43.6 Å². The molecule has 2 aliphatic heterocycles. The first-order valence-electron chi connectivity index (χ1n) is 8.31. The monoisotopic (exact) mass is 454 g/mol. The Hall–Kier alpha value is -3.52. The number of nitrogens with zero attached hydrogens (tertiary/aromatic N) is 2. The van der Waals surface area contributed by atoms with Crippen LogP contribution in [0.5, 0.6) is 11.5 Å². The number of aromatic hydroxyl groups is 2. The zero-order valence-corrected chi connectivity index (χ0v) is 16.6. The van der Waals surface area contributed by atoms with Crippen LogP contribution in [0.4, 0.5) is 11.4 Å². The van der Waals surface area contributed by atoms with Gasteiger partial charge < -0.3 is 10.2 Å². The van der Waals surface area contributed by atoms with Crippen molar-refractivity contribution in [3.63, 3.8) is 0 Å². The summed E-state index contributed by atoms with van der Waals surface area (Å²) >= 11 is 0. The van der Waals surface area contributed by atoms with Gasteiger partial charge in [0.1, 0.15) is 24.6 Å². The lowest BCUT2D eigenvalue weighted by Gasteiger charge is -2.18. The van der Waals surface area contributed by atoms with Crippen molar-refractivity contribution < 1.29 is 36.6 Å². The summed E-state index contributed by atoms with van der Waals surface area (Å²) in [5.41, 5.74) is 0.552. The second-order valence-corrected chi connectivity index (χ2v) is 9.67. The van der Waals surface area contributed by atoms with Crippen LogP contribution in [0.3, 0.4) is 0 Å². The Kier molecular flexibility index (Phi) is 4.28. The highest BCUT2D eigenvalue weighted by Crippen LogP contribution is 2.38. The number of benzene rings is 2. The van der Waals surface area contributed by atoms with Crippen LogP contribution in [-0.2, 0) is 30.0 Å². The molecule has 4 N–H and O–H groups in total. The van der Waals surface area contributed by atoms with Gasteiger partial charge in [0.2, 0.25) is 0 Å². The SMILES string of the molecule is O=C1CN(c2ccc(-c3ccc(N4CC(=O)NS4(=O)=O)c(O)c3)cc2O)S(=O)(=O)N1. The number of rotatable bonds is 3. The summed E-state index contributed by atoms with van der Waals surface area (Å²) in [6.45, 7) is -0.941. The quantitative estimate of drug-likeness (QED) is 0.463. The molecule has 158 valence electrons. The third kappa shape index (κ3) is 3.25. The van der Waals surface area contributed by atoms with E-state index in [4.69, 9.17) is 0 Å². The zero-order valence-electron chi connectivity index (χ0n) is 14.9. The number of nitrogens with one attached hydrogen (secondary N) is 2. The summed E-state index contributed by atoms with van der Waals surface area (Å²) in [7, 11) is -8.18. The predicted octanol–water partition coefficient (Wildman–Crippen LogP) is -0.873. The van der Waals surface area contributed by atoms with Crippen LogP contribution in [0.1, 0.15) is 0 Å². The molecular weight excluding hydrogens is 440 g/mol. The van der Waals surface area contributed by atoms with Crippen LogP contribution in [0.2, 0.25) is 0 Å². The van der Waals surface area contributed by atoms with Crippen molar-refractivity contribution in [2.24, 2.45) is 0 Å². The van der Waals surface area contributed by atoms with Crippen LogP contribution in [-0.4, -0.2) is 52.0 Å². The van der Waals surface area contributed by atoms with E-state index in [-0.39, 0.29) is 11.4 Å². The Labute approximate surface area is 170 Å². The standard InChI is InChI=1S/C16H14N4O8S2/c21-13-5-9(1-3-11(13)19-7-15(23)17-29(19,25)26)10-2-4-12(14(22)6-10)20-8-16(24)18-30(20,27)28/h1-6,21-22H,7-8H2,(H,17,23)(H,18,24). The van der Waals surface area contributed by atoms with E-state index in [1.54, 1.807) is 9.44 Å². The second kappa shape index (κ2) is 6.50. The van der Waals surface area contributed by atoms with E-state index in [1.807, 2.05) is 0 Å². The smallest absolute Gasteiger partial charge is 0.326 e. The highest BCUT2D eigenvalue weighted by Gasteiger charge is 2.36. The maximum absolute atomic E-state index is 11.9. The third-order valence-electron chi connectivity index (χ3n) is 4.46. The summed E-state index contributed by atoms with van der Waals surface area (Å²) in [5, 5.41) is 20.6. The van der Waals surface area contributed by atoms with Gasteiger partial charge in [0, 0.05) is 0 Å². The van der Waals surface area contributed by atoms with Gasteiger partial charge in [0.05, 0.1) is 11.4 Å². The molecule has 12 nitrogen and oxygen atoms in total. The van der Waals surface area contributed by atoms with E-state index in [2.05, 4.69) is 0 Å². The fourth-order valence-electron chi connectivity index (χ4n) is 3.15. The minimum Gasteiger partial charge on any atom is -0.506 e. The average molecular weight is 454 g/mol. The molecule has 2 aliphatic rings. The van der Waals surface area contributed by atoms with E-state index in [0.717, 1.165) is 8.61 Å². The summed E-state index contributed by atoms with van der Waals surface area (Å²) in [4.78, 5) is 22.7. The Morgan fingerprint density at radius 2 is 1.07 bits per heavy atom. The lowest BCUT2D eigenvalue weighted by Crippen LogP contribution is -2.29. The number of anilines is 2. The van der Waals surface area contributed by atoms with Gasteiger partial charge in [-0.05, 0) is 35.4 Å². The number of amides is 2. The highest BCUT2D eigenvalue weighted by atomic mass is 32.2. The first-order valence-corrected chi connectivity index (χ1v) is 11.2. The lowest BCUT2D eigenvalue weighted by atomic mass is 10.0. The summed E-state index contributed by atoms with van der Waals surface area (Å²) in [6, 6.07) is 7.97. The number of phenols is 2. The van der Waals surface area contributed by atoms with Gasteiger partial charge in [0.25, 0.3) is 11.8 Å². The Morgan fingerprint density at radius 1 is 0.700 bits per heavy atom. The van der Waals surface area contributed by atoms with E-state index in [1.165, 1.54) is 36.4 Å². The maximum Gasteiger partial charge on any atom is 0.326 e. The van der Waals surface area contributed by atoms with Crippen molar-refractivity contribution in [2.75, 3.05) is 21.7 Å². The zero-order chi connectivity index (χ0) is 21.8. The van der Waals surface area contributed by atoms with Gasteiger partial charge in [-0.1, -0.05) is 12.1 Å². The molecule has 0 aliphatic carbocycles. The van der Waals surface area contributed by atoms with Crippen LogP contribution in [0.15, 0.2) is 36.4 Å². The van der Waals surface area contributed by atoms with Gasteiger partial charge in [0.15, 0.2) is 0 Å². The number of hydrogen-bond donors (Lipinski definition) is 4. The van der Waals surface area contributed by atoms with Crippen LogP contribution < -0.4 is 18.1 Å². The lowest BCUT2D eigenvalue weighted by molar-refractivity contribution is -0.118. The molecule has 2 amide bonds. The van der Waals surface area contributed by atoms with Crippen LogP contribution >= 0.6 is 0 Å². The Bertz CT molecular complexity index is 1210. The number of carbonyl (C=O) groups excluding carboxylic acids is 2. The normalized spacial score (nSPS) is 19.6. The Balaban J connectivity index is 1.67. The number of hydrogen-bond acceptors (Lipinski definition) is 8. The molecule has 2 heterocycles. The molecule has 2 fully saturated rings. The van der Waals surface area contributed by atoms with Gasteiger partial charge in [-0.3, -0.25) is 9.59 Å². The molecule has 2 saturated heterocycles. The van der Waals surface area contributed by atoms with Crippen molar-refractivity contribution in [3.05, 3.63) is 36.4 Å².